The van der Waals surface area contributed by atoms with Crippen LogP contribution in [0, 0.1) is 6.92 Å². The molecule has 4 nitrogen and oxygen atoms in total. The van der Waals surface area contributed by atoms with E-state index in [1.54, 1.807) is 0 Å². The first-order valence-electron chi connectivity index (χ1n) is 7.93. The minimum atomic E-state index is -1.10. The maximum absolute atomic E-state index is 10.9. The minimum Gasteiger partial charge on any atom is -0.549 e. The van der Waals surface area contributed by atoms with Crippen LogP contribution in [0.4, 0.5) is 0 Å². The third-order valence-electron chi connectivity index (χ3n) is 3.76. The number of aliphatic carboxylic acids is 1. The SMILES string of the molecule is Cc1nc(-c2ccccc2)nc(SCC(=O)[O-])c1Cc1ccccc1. The van der Waals surface area contributed by atoms with E-state index < -0.39 is 5.97 Å². The van der Waals surface area contributed by atoms with Gasteiger partial charge in [-0.2, -0.15) is 0 Å². The second-order valence-electron chi connectivity index (χ2n) is 5.61. The van der Waals surface area contributed by atoms with Crippen LogP contribution in [0.2, 0.25) is 0 Å². The maximum atomic E-state index is 10.9. The van der Waals surface area contributed by atoms with Gasteiger partial charge in [-0.15, -0.1) is 0 Å². The second kappa shape index (κ2) is 7.94. The van der Waals surface area contributed by atoms with E-state index in [4.69, 9.17) is 0 Å². The van der Waals surface area contributed by atoms with Crippen LogP contribution < -0.4 is 5.11 Å². The number of carboxylic acids is 1. The summed E-state index contributed by atoms with van der Waals surface area (Å²) >= 11 is 1.18. The number of nitrogens with zero attached hydrogens (tertiary/aromatic N) is 2. The molecule has 0 N–H and O–H groups in total. The predicted octanol–water partition coefficient (Wildman–Crippen LogP) is 2.88. The Hall–Kier alpha value is -2.66. The standard InChI is InChI=1S/C20H18N2O2S/c1-14-17(12-15-8-4-2-5-9-15)20(25-13-18(23)24)22-19(21-14)16-10-6-3-7-11-16/h2-11H,12-13H2,1H3,(H,23,24)/p-1. The molecule has 0 saturated carbocycles. The van der Waals surface area contributed by atoms with Crippen LogP contribution in [-0.2, 0) is 11.2 Å². The van der Waals surface area contributed by atoms with Crippen molar-refractivity contribution >= 4 is 17.7 Å². The normalized spacial score (nSPS) is 10.6. The highest BCUT2D eigenvalue weighted by Crippen LogP contribution is 2.28. The first-order valence-corrected chi connectivity index (χ1v) is 8.91. The highest BCUT2D eigenvalue weighted by atomic mass is 32.2. The Labute approximate surface area is 151 Å². The van der Waals surface area contributed by atoms with Gasteiger partial charge in [0.15, 0.2) is 5.82 Å². The summed E-state index contributed by atoms with van der Waals surface area (Å²) in [4.78, 5) is 20.2. The van der Waals surface area contributed by atoms with E-state index in [0.717, 1.165) is 22.4 Å². The summed E-state index contributed by atoms with van der Waals surface area (Å²) in [6.45, 7) is 1.94. The summed E-state index contributed by atoms with van der Waals surface area (Å²) in [5, 5.41) is 11.6. The van der Waals surface area contributed by atoms with Gasteiger partial charge in [-0.3, -0.25) is 0 Å². The van der Waals surface area contributed by atoms with Crippen molar-refractivity contribution < 1.29 is 9.90 Å². The molecular formula is C20H17N2O2S-. The van der Waals surface area contributed by atoms with Gasteiger partial charge in [-0.05, 0) is 12.5 Å². The number of aryl methyl sites for hydroxylation is 1. The fourth-order valence-corrected chi connectivity index (χ4v) is 3.34. The third kappa shape index (κ3) is 4.45. The molecule has 0 radical (unpaired) electrons. The summed E-state index contributed by atoms with van der Waals surface area (Å²) < 4.78 is 0. The molecule has 3 rings (SSSR count). The van der Waals surface area contributed by atoms with Gasteiger partial charge in [0.1, 0.15) is 5.03 Å². The Bertz CT molecular complexity index is 868. The average molecular weight is 349 g/mol. The molecule has 1 aromatic heterocycles. The van der Waals surface area contributed by atoms with Gasteiger partial charge in [0.2, 0.25) is 0 Å². The number of rotatable bonds is 6. The van der Waals surface area contributed by atoms with Gasteiger partial charge in [0, 0.05) is 29.0 Å². The number of hydrogen-bond acceptors (Lipinski definition) is 5. The number of benzene rings is 2. The number of thioether (sulfide) groups is 1. The van der Waals surface area contributed by atoms with Crippen LogP contribution in [0.5, 0.6) is 0 Å². The summed E-state index contributed by atoms with van der Waals surface area (Å²) in [6.07, 6.45) is 0.664. The number of aromatic nitrogens is 2. The molecule has 0 aliphatic carbocycles. The largest absolute Gasteiger partial charge is 0.549 e. The molecule has 0 aliphatic heterocycles. The molecule has 0 bridgehead atoms. The molecule has 126 valence electrons. The summed E-state index contributed by atoms with van der Waals surface area (Å²) in [6, 6.07) is 19.7. The summed E-state index contributed by atoms with van der Waals surface area (Å²) in [7, 11) is 0. The zero-order valence-corrected chi connectivity index (χ0v) is 14.6. The minimum absolute atomic E-state index is 0.132. The van der Waals surface area contributed by atoms with E-state index in [-0.39, 0.29) is 5.75 Å². The molecule has 5 heteroatoms. The molecule has 0 saturated heterocycles. The second-order valence-corrected chi connectivity index (χ2v) is 6.57. The molecule has 0 spiro atoms. The Morgan fingerprint density at radius 3 is 2.28 bits per heavy atom. The van der Waals surface area contributed by atoms with E-state index >= 15 is 0 Å². The van der Waals surface area contributed by atoms with E-state index in [1.807, 2.05) is 67.6 Å². The molecular weight excluding hydrogens is 332 g/mol. The highest BCUT2D eigenvalue weighted by Gasteiger charge is 2.14. The number of carbonyl (C=O) groups excluding carboxylic acids is 1. The van der Waals surface area contributed by atoms with E-state index in [1.165, 1.54) is 11.8 Å². The molecule has 0 fully saturated rings. The molecule has 25 heavy (non-hydrogen) atoms. The molecule has 3 aromatic rings. The zero-order chi connectivity index (χ0) is 17.6. The van der Waals surface area contributed by atoms with Crippen molar-refractivity contribution in [2.24, 2.45) is 0 Å². The summed E-state index contributed by atoms with van der Waals surface area (Å²) in [5.41, 5.74) is 3.86. The summed E-state index contributed by atoms with van der Waals surface area (Å²) in [5.74, 6) is -0.629. The van der Waals surface area contributed by atoms with Gasteiger partial charge in [0.05, 0.1) is 5.97 Å². The van der Waals surface area contributed by atoms with Crippen LogP contribution in [0.15, 0.2) is 65.7 Å². The van der Waals surface area contributed by atoms with Crippen molar-refractivity contribution in [1.29, 1.82) is 0 Å². The maximum Gasteiger partial charge on any atom is 0.160 e. The van der Waals surface area contributed by atoms with Crippen molar-refractivity contribution in [2.45, 2.75) is 18.4 Å². The smallest absolute Gasteiger partial charge is 0.160 e. The number of hydrogen-bond donors (Lipinski definition) is 0. The van der Waals surface area contributed by atoms with Crippen molar-refractivity contribution in [3.63, 3.8) is 0 Å². The fraction of sp³-hybridized carbons (Fsp3) is 0.150. The van der Waals surface area contributed by atoms with Gasteiger partial charge >= 0.3 is 0 Å². The molecule has 2 aromatic carbocycles. The third-order valence-corrected chi connectivity index (χ3v) is 4.75. The van der Waals surface area contributed by atoms with Crippen LogP contribution in [-0.4, -0.2) is 21.7 Å². The van der Waals surface area contributed by atoms with Crippen molar-refractivity contribution in [2.75, 3.05) is 5.75 Å². The first kappa shape index (κ1) is 17.2. The van der Waals surface area contributed by atoms with Gasteiger partial charge in [-0.1, -0.05) is 72.4 Å². The van der Waals surface area contributed by atoms with Crippen LogP contribution in [0.25, 0.3) is 11.4 Å². The fourth-order valence-electron chi connectivity index (χ4n) is 2.54. The lowest BCUT2D eigenvalue weighted by Gasteiger charge is -2.14. The topological polar surface area (TPSA) is 65.9 Å². The zero-order valence-electron chi connectivity index (χ0n) is 13.8. The lowest BCUT2D eigenvalue weighted by molar-refractivity contribution is -0.301. The van der Waals surface area contributed by atoms with Crippen molar-refractivity contribution in [1.82, 2.24) is 9.97 Å². The van der Waals surface area contributed by atoms with Gasteiger partial charge < -0.3 is 9.90 Å². The number of carbonyl (C=O) groups is 1. The Morgan fingerprint density at radius 1 is 1.00 bits per heavy atom. The van der Waals surface area contributed by atoms with Gasteiger partial charge in [-0.25, -0.2) is 9.97 Å². The number of carboxylic acid groups (broad SMARTS) is 1. The van der Waals surface area contributed by atoms with Crippen molar-refractivity contribution in [3.8, 4) is 11.4 Å². The lowest BCUT2D eigenvalue weighted by atomic mass is 10.1. The van der Waals surface area contributed by atoms with E-state index in [9.17, 15) is 9.90 Å². The molecule has 0 atom stereocenters. The van der Waals surface area contributed by atoms with Crippen LogP contribution >= 0.6 is 11.8 Å². The van der Waals surface area contributed by atoms with E-state index in [2.05, 4.69) is 9.97 Å². The molecule has 0 amide bonds. The molecule has 0 unspecified atom stereocenters. The quantitative estimate of drug-likeness (QED) is 0.506. The monoisotopic (exact) mass is 349 g/mol. The Balaban J connectivity index is 2.01. The highest BCUT2D eigenvalue weighted by molar-refractivity contribution is 7.99. The Kier molecular flexibility index (Phi) is 5.46. The van der Waals surface area contributed by atoms with Crippen LogP contribution in [0.1, 0.15) is 16.8 Å². The lowest BCUT2D eigenvalue weighted by Crippen LogP contribution is -2.24. The first-order chi connectivity index (χ1) is 12.1. The predicted molar refractivity (Wildman–Crippen MR) is 97.2 cm³/mol. The average Bonchev–Trinajstić information content (AvgIpc) is 2.63. The Morgan fingerprint density at radius 2 is 1.64 bits per heavy atom. The van der Waals surface area contributed by atoms with E-state index in [0.29, 0.717) is 17.3 Å². The molecule has 0 aliphatic rings. The van der Waals surface area contributed by atoms with Crippen molar-refractivity contribution in [3.05, 3.63) is 77.5 Å². The molecule has 1 heterocycles. The van der Waals surface area contributed by atoms with Gasteiger partial charge in [0.25, 0.3) is 0 Å². The van der Waals surface area contributed by atoms with Crippen LogP contribution in [0.3, 0.4) is 0 Å².